The van der Waals surface area contributed by atoms with Gasteiger partial charge in [0.15, 0.2) is 0 Å². The smallest absolute Gasteiger partial charge is 0.0267 e. The molecule has 0 saturated carbocycles. The lowest BCUT2D eigenvalue weighted by Crippen LogP contribution is -2.37. The lowest BCUT2D eigenvalue weighted by molar-refractivity contribution is 0.195. The average molecular weight is 216 g/mol. The zero-order valence-electron chi connectivity index (χ0n) is 9.89. The Bertz CT molecular complexity index is 349. The van der Waals surface area contributed by atoms with Gasteiger partial charge < -0.3 is 5.32 Å². The highest BCUT2D eigenvalue weighted by Crippen LogP contribution is 2.33. The van der Waals surface area contributed by atoms with Crippen molar-refractivity contribution in [1.82, 2.24) is 10.2 Å². The Kier molecular flexibility index (Phi) is 2.70. The van der Waals surface area contributed by atoms with E-state index in [1.807, 2.05) is 0 Å². The molecule has 16 heavy (non-hydrogen) atoms. The summed E-state index contributed by atoms with van der Waals surface area (Å²) in [6, 6.07) is 12.4. The molecule has 0 spiro atoms. The van der Waals surface area contributed by atoms with Gasteiger partial charge in [-0.05, 0) is 31.4 Å². The Morgan fingerprint density at radius 1 is 1.25 bits per heavy atom. The zero-order valence-corrected chi connectivity index (χ0v) is 9.89. The molecule has 1 aromatic carbocycles. The lowest BCUT2D eigenvalue weighted by Gasteiger charge is -2.27. The molecule has 86 valence electrons. The average Bonchev–Trinajstić information content (AvgIpc) is 2.84. The van der Waals surface area contributed by atoms with E-state index >= 15 is 0 Å². The molecular weight excluding hydrogens is 196 g/mol. The molecule has 3 atom stereocenters. The second-order valence-corrected chi connectivity index (χ2v) is 5.23. The van der Waals surface area contributed by atoms with Gasteiger partial charge in [-0.15, -0.1) is 0 Å². The summed E-state index contributed by atoms with van der Waals surface area (Å²) in [7, 11) is 0. The number of hydrogen-bond donors (Lipinski definition) is 1. The number of nitrogens with one attached hydrogen (secondary N) is 1. The molecule has 1 aromatic rings. The highest BCUT2D eigenvalue weighted by molar-refractivity contribution is 5.15. The molecule has 0 unspecified atom stereocenters. The van der Waals surface area contributed by atoms with Crippen LogP contribution >= 0.6 is 0 Å². The molecule has 1 N–H and O–H groups in total. The molecular formula is C14H20N2. The van der Waals surface area contributed by atoms with Gasteiger partial charge in [-0.25, -0.2) is 0 Å². The van der Waals surface area contributed by atoms with Gasteiger partial charge in [-0.1, -0.05) is 30.3 Å². The van der Waals surface area contributed by atoms with Crippen LogP contribution in [-0.2, 0) is 6.54 Å². The van der Waals surface area contributed by atoms with Crippen LogP contribution in [0.4, 0.5) is 0 Å². The highest BCUT2D eigenvalue weighted by atomic mass is 15.3. The van der Waals surface area contributed by atoms with E-state index in [4.69, 9.17) is 0 Å². The molecule has 0 radical (unpaired) electrons. The van der Waals surface area contributed by atoms with Crippen molar-refractivity contribution in [2.75, 3.05) is 13.1 Å². The molecule has 0 aromatic heterocycles. The summed E-state index contributed by atoms with van der Waals surface area (Å²) in [5.74, 6) is 0.888. The first-order chi connectivity index (χ1) is 7.84. The Labute approximate surface area is 97.6 Å². The number of likely N-dealkylation sites (tertiary alicyclic amines) is 1. The summed E-state index contributed by atoms with van der Waals surface area (Å²) >= 11 is 0. The summed E-state index contributed by atoms with van der Waals surface area (Å²) in [6.07, 6.45) is 1.37. The second kappa shape index (κ2) is 4.19. The van der Waals surface area contributed by atoms with Crippen LogP contribution in [0, 0.1) is 5.92 Å². The molecule has 2 saturated heterocycles. The fourth-order valence-electron chi connectivity index (χ4n) is 3.32. The van der Waals surface area contributed by atoms with E-state index in [-0.39, 0.29) is 0 Å². The summed E-state index contributed by atoms with van der Waals surface area (Å²) < 4.78 is 0. The molecule has 2 heteroatoms. The largest absolute Gasteiger partial charge is 0.315 e. The van der Waals surface area contributed by atoms with Crippen LogP contribution in [-0.4, -0.2) is 30.1 Å². The van der Waals surface area contributed by atoms with Crippen LogP contribution in [0.15, 0.2) is 30.3 Å². The first-order valence-corrected chi connectivity index (χ1v) is 6.35. The van der Waals surface area contributed by atoms with Crippen LogP contribution in [0.3, 0.4) is 0 Å². The summed E-state index contributed by atoms with van der Waals surface area (Å²) in [4.78, 5) is 2.68. The van der Waals surface area contributed by atoms with Gasteiger partial charge in [0, 0.05) is 25.2 Å². The van der Waals surface area contributed by atoms with Crippen LogP contribution < -0.4 is 5.32 Å². The van der Waals surface area contributed by atoms with Gasteiger partial charge in [-0.2, -0.15) is 0 Å². The van der Waals surface area contributed by atoms with Gasteiger partial charge in [-0.3, -0.25) is 4.90 Å². The van der Waals surface area contributed by atoms with E-state index in [0.717, 1.165) is 24.5 Å². The molecule has 2 aliphatic heterocycles. The number of rotatable bonds is 2. The van der Waals surface area contributed by atoms with E-state index in [9.17, 15) is 0 Å². The predicted molar refractivity (Wildman–Crippen MR) is 66.2 cm³/mol. The Hall–Kier alpha value is -0.860. The minimum Gasteiger partial charge on any atom is -0.315 e. The fourth-order valence-corrected chi connectivity index (χ4v) is 3.32. The van der Waals surface area contributed by atoms with Crippen molar-refractivity contribution in [2.45, 2.75) is 32.0 Å². The van der Waals surface area contributed by atoms with Crippen molar-refractivity contribution >= 4 is 0 Å². The minimum absolute atomic E-state index is 0.748. The van der Waals surface area contributed by atoms with E-state index < -0.39 is 0 Å². The highest BCUT2D eigenvalue weighted by Gasteiger charge is 2.41. The topological polar surface area (TPSA) is 15.3 Å². The number of benzene rings is 1. The summed E-state index contributed by atoms with van der Waals surface area (Å²) in [5, 5.41) is 3.52. The van der Waals surface area contributed by atoms with E-state index in [1.165, 1.54) is 25.1 Å². The molecule has 2 nitrogen and oxygen atoms in total. The van der Waals surface area contributed by atoms with E-state index in [2.05, 4.69) is 47.5 Å². The van der Waals surface area contributed by atoms with Crippen LogP contribution in [0.25, 0.3) is 0 Å². The Balaban J connectivity index is 1.74. The van der Waals surface area contributed by atoms with Crippen molar-refractivity contribution in [3.63, 3.8) is 0 Å². The zero-order chi connectivity index (χ0) is 11.0. The summed E-state index contributed by atoms with van der Waals surface area (Å²) in [5.41, 5.74) is 1.45. The lowest BCUT2D eigenvalue weighted by atomic mass is 10.0. The monoisotopic (exact) mass is 216 g/mol. The third-order valence-electron chi connectivity index (χ3n) is 4.15. The normalized spacial score (nSPS) is 34.2. The van der Waals surface area contributed by atoms with Crippen LogP contribution in [0.2, 0.25) is 0 Å². The van der Waals surface area contributed by atoms with Gasteiger partial charge in [0.05, 0.1) is 0 Å². The molecule has 3 rings (SSSR count). The molecule has 0 amide bonds. The second-order valence-electron chi connectivity index (χ2n) is 5.23. The first-order valence-electron chi connectivity index (χ1n) is 6.35. The van der Waals surface area contributed by atoms with Crippen molar-refractivity contribution in [3.8, 4) is 0 Å². The maximum atomic E-state index is 3.52. The standard InChI is InChI=1S/C14H20N2/c1-11-7-13-8-15-9-14(13)16(11)10-12-5-3-2-4-6-12/h2-6,11,13-15H,7-10H2,1H3/t11-,13-,14+/m1/s1. The molecule has 2 fully saturated rings. The van der Waals surface area contributed by atoms with Gasteiger partial charge >= 0.3 is 0 Å². The van der Waals surface area contributed by atoms with E-state index in [1.54, 1.807) is 0 Å². The van der Waals surface area contributed by atoms with Crippen molar-refractivity contribution in [2.24, 2.45) is 5.92 Å². The van der Waals surface area contributed by atoms with Crippen LogP contribution in [0.1, 0.15) is 18.9 Å². The van der Waals surface area contributed by atoms with Crippen molar-refractivity contribution < 1.29 is 0 Å². The number of nitrogens with zero attached hydrogens (tertiary/aromatic N) is 1. The molecule has 2 heterocycles. The molecule has 0 bridgehead atoms. The Morgan fingerprint density at radius 2 is 2.06 bits per heavy atom. The number of hydrogen-bond acceptors (Lipinski definition) is 2. The Morgan fingerprint density at radius 3 is 2.88 bits per heavy atom. The van der Waals surface area contributed by atoms with Crippen molar-refractivity contribution in [3.05, 3.63) is 35.9 Å². The third-order valence-corrected chi connectivity index (χ3v) is 4.15. The summed E-state index contributed by atoms with van der Waals surface area (Å²) in [6.45, 7) is 5.90. The SMILES string of the molecule is C[C@@H]1C[C@@H]2CNC[C@@H]2N1Cc1ccccc1. The first kappa shape index (κ1) is 10.3. The van der Waals surface area contributed by atoms with Gasteiger partial charge in [0.1, 0.15) is 0 Å². The van der Waals surface area contributed by atoms with Gasteiger partial charge in [0.25, 0.3) is 0 Å². The van der Waals surface area contributed by atoms with Crippen LogP contribution in [0.5, 0.6) is 0 Å². The molecule has 2 aliphatic rings. The maximum Gasteiger partial charge on any atom is 0.0267 e. The number of fused-ring (bicyclic) bond motifs is 1. The van der Waals surface area contributed by atoms with Gasteiger partial charge in [0.2, 0.25) is 0 Å². The minimum atomic E-state index is 0.748. The van der Waals surface area contributed by atoms with E-state index in [0.29, 0.717) is 0 Å². The predicted octanol–water partition coefficient (Wildman–Crippen LogP) is 1.87. The molecule has 0 aliphatic carbocycles. The third kappa shape index (κ3) is 1.76. The quantitative estimate of drug-likeness (QED) is 0.812. The van der Waals surface area contributed by atoms with Crippen molar-refractivity contribution in [1.29, 1.82) is 0 Å². The maximum absolute atomic E-state index is 3.52. The fraction of sp³-hybridized carbons (Fsp3) is 0.571.